The average molecular weight is 447 g/mol. The van der Waals surface area contributed by atoms with Crippen LogP contribution < -0.4 is 10.2 Å². The highest BCUT2D eigenvalue weighted by Gasteiger charge is 2.37. The van der Waals surface area contributed by atoms with E-state index < -0.39 is 41.0 Å². The largest absolute Gasteiger partial charge is 0.416 e. The summed E-state index contributed by atoms with van der Waals surface area (Å²) in [6.07, 6.45) is -7.06. The van der Waals surface area contributed by atoms with Gasteiger partial charge in [0, 0.05) is 44.3 Å². The highest BCUT2D eigenvalue weighted by molar-refractivity contribution is 6.39. The summed E-state index contributed by atoms with van der Waals surface area (Å²) in [7, 11) is 0. The van der Waals surface area contributed by atoms with Crippen molar-refractivity contribution in [1.29, 1.82) is 0 Å². The van der Waals surface area contributed by atoms with Crippen LogP contribution in [0.5, 0.6) is 0 Å². The summed E-state index contributed by atoms with van der Waals surface area (Å²) in [5.74, 6) is -1.97. The summed E-state index contributed by atoms with van der Waals surface area (Å²) in [5.41, 5.74) is -3.97. The number of carbonyl (C=O) groups is 2. The molecular formula is C18H15F6N5O2. The minimum Gasteiger partial charge on any atom is -0.337 e. The van der Waals surface area contributed by atoms with Gasteiger partial charge in [-0.25, -0.2) is 9.97 Å². The zero-order valence-electron chi connectivity index (χ0n) is 15.7. The van der Waals surface area contributed by atoms with Crippen LogP contribution in [0.4, 0.5) is 38.0 Å². The summed E-state index contributed by atoms with van der Waals surface area (Å²) < 4.78 is 77.6. The number of rotatable bonds is 2. The third-order valence-corrected chi connectivity index (χ3v) is 4.44. The summed E-state index contributed by atoms with van der Waals surface area (Å²) in [5, 5.41) is 1.84. The number of benzene rings is 1. The predicted molar refractivity (Wildman–Crippen MR) is 95.9 cm³/mol. The highest BCUT2D eigenvalue weighted by atomic mass is 19.4. The maximum Gasteiger partial charge on any atom is 0.416 e. The molecule has 1 aromatic carbocycles. The number of piperazine rings is 1. The third kappa shape index (κ3) is 5.41. The molecule has 1 aliphatic heterocycles. The Morgan fingerprint density at radius 2 is 1.35 bits per heavy atom. The Morgan fingerprint density at radius 3 is 1.84 bits per heavy atom. The van der Waals surface area contributed by atoms with Crippen LogP contribution in [0.25, 0.3) is 0 Å². The Kier molecular flexibility index (Phi) is 6.04. The van der Waals surface area contributed by atoms with Gasteiger partial charge in [-0.1, -0.05) is 0 Å². The molecule has 1 aliphatic rings. The summed E-state index contributed by atoms with van der Waals surface area (Å²) in [4.78, 5) is 35.6. The van der Waals surface area contributed by atoms with E-state index in [1.807, 2.05) is 5.32 Å². The number of nitrogens with zero attached hydrogens (tertiary/aromatic N) is 4. The van der Waals surface area contributed by atoms with E-state index in [-0.39, 0.29) is 19.2 Å². The van der Waals surface area contributed by atoms with Crippen LogP contribution in [-0.2, 0) is 21.9 Å². The molecule has 1 saturated heterocycles. The molecule has 0 aliphatic carbocycles. The molecule has 0 bridgehead atoms. The zero-order chi connectivity index (χ0) is 22.8. The number of hydrogen-bond donors (Lipinski definition) is 1. The molecule has 1 aromatic heterocycles. The molecule has 0 unspecified atom stereocenters. The van der Waals surface area contributed by atoms with Gasteiger partial charge in [0.15, 0.2) is 0 Å². The van der Waals surface area contributed by atoms with Gasteiger partial charge >= 0.3 is 24.2 Å². The molecule has 0 spiro atoms. The lowest BCUT2D eigenvalue weighted by molar-refractivity contribution is -0.143. The van der Waals surface area contributed by atoms with Crippen LogP contribution in [0.1, 0.15) is 11.1 Å². The molecule has 13 heteroatoms. The van der Waals surface area contributed by atoms with Gasteiger partial charge < -0.3 is 15.1 Å². The first-order valence-corrected chi connectivity index (χ1v) is 8.87. The topological polar surface area (TPSA) is 78.4 Å². The third-order valence-electron chi connectivity index (χ3n) is 4.44. The Bertz CT molecular complexity index is 924. The number of anilines is 2. The van der Waals surface area contributed by atoms with Crippen LogP contribution in [0, 0.1) is 0 Å². The number of halogens is 6. The monoisotopic (exact) mass is 447 g/mol. The number of nitrogens with one attached hydrogen (secondary N) is 1. The predicted octanol–water partition coefficient (Wildman–Crippen LogP) is 2.80. The number of carbonyl (C=O) groups excluding carboxylic acids is 2. The number of alkyl halides is 6. The normalized spacial score (nSPS) is 15.0. The molecule has 7 nitrogen and oxygen atoms in total. The fourth-order valence-corrected chi connectivity index (χ4v) is 2.92. The maximum atomic E-state index is 12.9. The van der Waals surface area contributed by atoms with E-state index in [2.05, 4.69) is 9.97 Å². The molecule has 3 rings (SSSR count). The van der Waals surface area contributed by atoms with Crippen LogP contribution in [0.2, 0.25) is 0 Å². The molecule has 166 valence electrons. The molecule has 0 radical (unpaired) electrons. The van der Waals surface area contributed by atoms with E-state index in [4.69, 9.17) is 0 Å². The number of aromatic nitrogens is 2. The van der Waals surface area contributed by atoms with Gasteiger partial charge in [-0.3, -0.25) is 9.59 Å². The second-order valence-corrected chi connectivity index (χ2v) is 6.58. The smallest absolute Gasteiger partial charge is 0.337 e. The van der Waals surface area contributed by atoms with Crippen molar-refractivity contribution in [3.8, 4) is 0 Å². The minimum atomic E-state index is -5.07. The Hall–Kier alpha value is -3.38. The number of amides is 2. The first-order valence-electron chi connectivity index (χ1n) is 8.87. The number of hydrogen-bond acceptors (Lipinski definition) is 5. The summed E-state index contributed by atoms with van der Waals surface area (Å²) in [6.45, 7) is 0.789. The van der Waals surface area contributed by atoms with Gasteiger partial charge in [0.1, 0.15) is 0 Å². The van der Waals surface area contributed by atoms with Crippen LogP contribution in [-0.4, -0.2) is 52.9 Å². The Labute approximate surface area is 171 Å². The van der Waals surface area contributed by atoms with Gasteiger partial charge in [0.25, 0.3) is 0 Å². The Morgan fingerprint density at radius 1 is 0.839 bits per heavy atom. The lowest BCUT2D eigenvalue weighted by atomic mass is 10.1. The zero-order valence-corrected chi connectivity index (χ0v) is 15.7. The standard InChI is InChI=1S/C18H15F6N5O2/c19-17(20,21)11-8-12(18(22,23)24)10-13(9-11)27-14(30)15(31)28-4-6-29(7-5-28)16-25-2-1-3-26-16/h1-3,8-10H,4-7H2,(H,27,30). The lowest BCUT2D eigenvalue weighted by Gasteiger charge is -2.34. The molecule has 2 heterocycles. The van der Waals surface area contributed by atoms with Gasteiger partial charge in [-0.15, -0.1) is 0 Å². The summed E-state index contributed by atoms with van der Waals surface area (Å²) >= 11 is 0. The lowest BCUT2D eigenvalue weighted by Crippen LogP contribution is -2.52. The van der Waals surface area contributed by atoms with Crippen LogP contribution in [0.3, 0.4) is 0 Å². The molecule has 0 atom stereocenters. The highest BCUT2D eigenvalue weighted by Crippen LogP contribution is 2.37. The second kappa shape index (κ2) is 8.40. The van der Waals surface area contributed by atoms with Crippen molar-refractivity contribution in [3.63, 3.8) is 0 Å². The second-order valence-electron chi connectivity index (χ2n) is 6.58. The fraction of sp³-hybridized carbons (Fsp3) is 0.333. The van der Waals surface area contributed by atoms with Gasteiger partial charge in [0.2, 0.25) is 5.95 Å². The molecular weight excluding hydrogens is 432 g/mol. The van der Waals surface area contributed by atoms with Crippen molar-refractivity contribution < 1.29 is 35.9 Å². The van der Waals surface area contributed by atoms with Crippen molar-refractivity contribution in [2.24, 2.45) is 0 Å². The van der Waals surface area contributed by atoms with Crippen LogP contribution >= 0.6 is 0 Å². The van der Waals surface area contributed by atoms with E-state index in [1.165, 1.54) is 12.4 Å². The van der Waals surface area contributed by atoms with Crippen molar-refractivity contribution >= 4 is 23.5 Å². The van der Waals surface area contributed by atoms with E-state index in [1.54, 1.807) is 11.0 Å². The summed E-state index contributed by atoms with van der Waals surface area (Å²) in [6, 6.07) is 2.24. The van der Waals surface area contributed by atoms with Gasteiger partial charge in [-0.2, -0.15) is 26.3 Å². The molecule has 1 N–H and O–H groups in total. The Balaban J connectivity index is 1.69. The van der Waals surface area contributed by atoms with Crippen LogP contribution in [0.15, 0.2) is 36.7 Å². The van der Waals surface area contributed by atoms with Crippen molar-refractivity contribution in [1.82, 2.24) is 14.9 Å². The maximum absolute atomic E-state index is 12.9. The average Bonchev–Trinajstić information content (AvgIpc) is 2.72. The fourth-order valence-electron chi connectivity index (χ4n) is 2.92. The van der Waals surface area contributed by atoms with Gasteiger partial charge in [0.05, 0.1) is 11.1 Å². The SMILES string of the molecule is O=C(Nc1cc(C(F)(F)F)cc(C(F)(F)F)c1)C(=O)N1CCN(c2ncccn2)CC1. The van der Waals surface area contributed by atoms with Gasteiger partial charge in [-0.05, 0) is 24.3 Å². The van der Waals surface area contributed by atoms with E-state index in [0.717, 1.165) is 4.90 Å². The molecule has 2 aromatic rings. The molecule has 0 saturated carbocycles. The first kappa shape index (κ1) is 22.3. The molecule has 1 fully saturated rings. The molecule has 31 heavy (non-hydrogen) atoms. The van der Waals surface area contributed by atoms with E-state index in [9.17, 15) is 35.9 Å². The van der Waals surface area contributed by atoms with Crippen molar-refractivity contribution in [3.05, 3.63) is 47.8 Å². The van der Waals surface area contributed by atoms with Crippen molar-refractivity contribution in [2.75, 3.05) is 36.4 Å². The van der Waals surface area contributed by atoms with Crippen molar-refractivity contribution in [2.45, 2.75) is 12.4 Å². The van der Waals surface area contributed by atoms with E-state index in [0.29, 0.717) is 31.2 Å². The quantitative estimate of drug-likeness (QED) is 0.566. The molecule has 2 amide bonds. The minimum absolute atomic E-state index is 0.0671. The van der Waals surface area contributed by atoms with E-state index >= 15 is 0 Å². The first-order chi connectivity index (χ1) is 14.4.